The van der Waals surface area contributed by atoms with Crippen LogP contribution in [0.4, 0.5) is 0 Å². The molecule has 2 amide bonds. The van der Waals surface area contributed by atoms with Crippen LogP contribution in [0.1, 0.15) is 26.2 Å². The normalized spacial score (nSPS) is 30.9. The zero-order valence-corrected chi connectivity index (χ0v) is 9.61. The molecule has 2 aliphatic rings. The van der Waals surface area contributed by atoms with Gasteiger partial charge in [-0.2, -0.15) is 0 Å². The monoisotopic (exact) mass is 225 g/mol. The van der Waals surface area contributed by atoms with Gasteiger partial charge in [0.25, 0.3) is 0 Å². The van der Waals surface area contributed by atoms with E-state index >= 15 is 0 Å². The van der Waals surface area contributed by atoms with E-state index in [1.165, 1.54) is 0 Å². The molecule has 0 aliphatic carbocycles. The molecular weight excluding hydrogens is 206 g/mol. The van der Waals surface area contributed by atoms with Crippen molar-refractivity contribution in [2.75, 3.05) is 13.1 Å². The lowest BCUT2D eigenvalue weighted by Gasteiger charge is -2.29. The van der Waals surface area contributed by atoms with Crippen molar-refractivity contribution < 1.29 is 9.59 Å². The lowest BCUT2D eigenvalue weighted by Crippen LogP contribution is -2.46. The summed E-state index contributed by atoms with van der Waals surface area (Å²) in [5.41, 5.74) is 5.53. The number of fused-ring (bicyclic) bond motifs is 2. The molecule has 2 aliphatic heterocycles. The maximum absolute atomic E-state index is 12.2. The molecule has 5 nitrogen and oxygen atoms in total. The highest BCUT2D eigenvalue weighted by molar-refractivity contribution is 5.83. The lowest BCUT2D eigenvalue weighted by molar-refractivity contribution is -0.137. The van der Waals surface area contributed by atoms with E-state index in [1.54, 1.807) is 0 Å². The highest BCUT2D eigenvalue weighted by Gasteiger charge is 2.41. The van der Waals surface area contributed by atoms with Crippen molar-refractivity contribution in [1.29, 1.82) is 0 Å². The summed E-state index contributed by atoms with van der Waals surface area (Å²) in [6.45, 7) is 2.82. The molecule has 90 valence electrons. The SMILES string of the molecule is CC(CN)C(=O)N1C2CCC1CC(=O)NC2. The molecule has 0 aromatic heterocycles. The van der Waals surface area contributed by atoms with E-state index < -0.39 is 0 Å². The van der Waals surface area contributed by atoms with E-state index in [9.17, 15) is 9.59 Å². The standard InChI is InChI=1S/C11H19N3O2/c1-7(5-12)11(16)14-8-2-3-9(14)6-13-10(15)4-8/h7-9H,2-6,12H2,1H3,(H,13,15). The number of nitrogens with two attached hydrogens (primary N) is 1. The van der Waals surface area contributed by atoms with Crippen LogP contribution in [0, 0.1) is 5.92 Å². The van der Waals surface area contributed by atoms with Gasteiger partial charge in [-0.05, 0) is 12.8 Å². The minimum absolute atomic E-state index is 0.0606. The number of rotatable bonds is 2. The van der Waals surface area contributed by atoms with E-state index in [1.807, 2.05) is 11.8 Å². The Morgan fingerprint density at radius 1 is 1.56 bits per heavy atom. The molecule has 5 heteroatoms. The van der Waals surface area contributed by atoms with Crippen LogP contribution in [0.25, 0.3) is 0 Å². The average molecular weight is 225 g/mol. The third kappa shape index (κ3) is 1.91. The second kappa shape index (κ2) is 4.41. The Morgan fingerprint density at radius 3 is 2.94 bits per heavy atom. The first-order chi connectivity index (χ1) is 7.63. The third-order valence-electron chi connectivity index (χ3n) is 3.61. The van der Waals surface area contributed by atoms with Crippen LogP contribution in [0.15, 0.2) is 0 Å². The lowest BCUT2D eigenvalue weighted by atomic mass is 10.1. The Bertz CT molecular complexity index is 306. The zero-order valence-electron chi connectivity index (χ0n) is 9.61. The van der Waals surface area contributed by atoms with Gasteiger partial charge in [0.05, 0.1) is 0 Å². The molecule has 16 heavy (non-hydrogen) atoms. The van der Waals surface area contributed by atoms with Gasteiger partial charge in [0.15, 0.2) is 0 Å². The molecule has 0 aromatic carbocycles. The molecule has 2 saturated heterocycles. The predicted octanol–water partition coefficient (Wildman–Crippen LogP) is -0.539. The van der Waals surface area contributed by atoms with Gasteiger partial charge in [0, 0.05) is 37.5 Å². The quantitative estimate of drug-likeness (QED) is 0.663. The topological polar surface area (TPSA) is 75.4 Å². The van der Waals surface area contributed by atoms with Crippen molar-refractivity contribution in [2.45, 2.75) is 38.3 Å². The highest BCUT2D eigenvalue weighted by Crippen LogP contribution is 2.29. The van der Waals surface area contributed by atoms with Gasteiger partial charge in [-0.3, -0.25) is 9.59 Å². The molecule has 2 rings (SSSR count). The minimum Gasteiger partial charge on any atom is -0.354 e. The Morgan fingerprint density at radius 2 is 2.25 bits per heavy atom. The van der Waals surface area contributed by atoms with Crippen molar-refractivity contribution >= 4 is 11.8 Å². The summed E-state index contributed by atoms with van der Waals surface area (Å²) in [7, 11) is 0. The van der Waals surface area contributed by atoms with Crippen molar-refractivity contribution in [2.24, 2.45) is 11.7 Å². The summed E-state index contributed by atoms with van der Waals surface area (Å²) >= 11 is 0. The number of hydrogen-bond donors (Lipinski definition) is 2. The molecular formula is C11H19N3O2. The van der Waals surface area contributed by atoms with Crippen molar-refractivity contribution in [1.82, 2.24) is 10.2 Å². The van der Waals surface area contributed by atoms with Crippen molar-refractivity contribution in [3.8, 4) is 0 Å². The van der Waals surface area contributed by atoms with Crippen LogP contribution in [-0.2, 0) is 9.59 Å². The summed E-state index contributed by atoms with van der Waals surface area (Å²) in [6, 6.07) is 0.270. The summed E-state index contributed by atoms with van der Waals surface area (Å²) < 4.78 is 0. The van der Waals surface area contributed by atoms with E-state index in [4.69, 9.17) is 5.73 Å². The average Bonchev–Trinajstić information content (AvgIpc) is 2.57. The Hall–Kier alpha value is -1.10. The van der Waals surface area contributed by atoms with Crippen LogP contribution in [0.3, 0.4) is 0 Å². The first-order valence-electron chi connectivity index (χ1n) is 5.92. The van der Waals surface area contributed by atoms with E-state index in [2.05, 4.69) is 5.32 Å². The molecule has 0 saturated carbocycles. The Labute approximate surface area is 95.3 Å². The molecule has 2 heterocycles. The molecule has 0 spiro atoms. The fourth-order valence-electron chi connectivity index (χ4n) is 2.59. The van der Waals surface area contributed by atoms with E-state index in [-0.39, 0.29) is 29.8 Å². The smallest absolute Gasteiger partial charge is 0.227 e. The minimum atomic E-state index is -0.142. The third-order valence-corrected chi connectivity index (χ3v) is 3.61. The molecule has 3 unspecified atom stereocenters. The van der Waals surface area contributed by atoms with Gasteiger partial charge in [-0.15, -0.1) is 0 Å². The van der Waals surface area contributed by atoms with Gasteiger partial charge in [0.1, 0.15) is 0 Å². The fourth-order valence-corrected chi connectivity index (χ4v) is 2.59. The molecule has 0 aromatic rings. The number of carbonyl (C=O) groups is 2. The highest BCUT2D eigenvalue weighted by atomic mass is 16.2. The number of carbonyl (C=O) groups excluding carboxylic acids is 2. The maximum Gasteiger partial charge on any atom is 0.227 e. The van der Waals surface area contributed by atoms with Gasteiger partial charge in [-0.1, -0.05) is 6.92 Å². The second-order valence-electron chi connectivity index (χ2n) is 4.78. The number of hydrogen-bond acceptors (Lipinski definition) is 3. The molecule has 3 N–H and O–H groups in total. The van der Waals surface area contributed by atoms with Gasteiger partial charge in [-0.25, -0.2) is 0 Å². The van der Waals surface area contributed by atoms with Crippen LogP contribution in [0.5, 0.6) is 0 Å². The van der Waals surface area contributed by atoms with E-state index in [0.717, 1.165) is 12.8 Å². The van der Waals surface area contributed by atoms with Crippen LogP contribution >= 0.6 is 0 Å². The van der Waals surface area contributed by atoms with Crippen molar-refractivity contribution in [3.63, 3.8) is 0 Å². The number of nitrogens with one attached hydrogen (secondary N) is 1. The first kappa shape index (κ1) is 11.4. The summed E-state index contributed by atoms with van der Waals surface area (Å²) in [5, 5.41) is 2.85. The Balaban J connectivity index is 2.14. The van der Waals surface area contributed by atoms with E-state index in [0.29, 0.717) is 19.5 Å². The fraction of sp³-hybridized carbons (Fsp3) is 0.818. The predicted molar refractivity (Wildman–Crippen MR) is 59.5 cm³/mol. The Kier molecular flexibility index (Phi) is 3.14. The van der Waals surface area contributed by atoms with Crippen LogP contribution < -0.4 is 11.1 Å². The summed E-state index contributed by atoms with van der Waals surface area (Å²) in [5.74, 6) is 0.0215. The summed E-state index contributed by atoms with van der Waals surface area (Å²) in [4.78, 5) is 25.5. The summed E-state index contributed by atoms with van der Waals surface area (Å²) in [6.07, 6.45) is 2.38. The van der Waals surface area contributed by atoms with Crippen LogP contribution in [-0.4, -0.2) is 41.9 Å². The maximum atomic E-state index is 12.2. The largest absolute Gasteiger partial charge is 0.354 e. The van der Waals surface area contributed by atoms with Gasteiger partial charge < -0.3 is 16.0 Å². The van der Waals surface area contributed by atoms with Crippen molar-refractivity contribution in [3.05, 3.63) is 0 Å². The van der Waals surface area contributed by atoms with Gasteiger partial charge >= 0.3 is 0 Å². The molecule has 0 radical (unpaired) electrons. The molecule has 2 bridgehead atoms. The number of amides is 2. The molecule has 2 fully saturated rings. The zero-order chi connectivity index (χ0) is 11.7. The first-order valence-corrected chi connectivity index (χ1v) is 5.92. The number of nitrogens with zero attached hydrogens (tertiary/aromatic N) is 1. The van der Waals surface area contributed by atoms with Gasteiger partial charge in [0.2, 0.25) is 11.8 Å². The molecule has 3 atom stereocenters. The second-order valence-corrected chi connectivity index (χ2v) is 4.78. The van der Waals surface area contributed by atoms with Crippen LogP contribution in [0.2, 0.25) is 0 Å².